The monoisotopic (exact) mass is 535 g/mol. The summed E-state index contributed by atoms with van der Waals surface area (Å²) in [5, 5.41) is 10.7. The number of rotatable bonds is 7. The average molecular weight is 537 g/mol. The van der Waals surface area contributed by atoms with Gasteiger partial charge in [-0.05, 0) is 43.5 Å². The van der Waals surface area contributed by atoms with Gasteiger partial charge in [-0.3, -0.25) is 19.5 Å². The molecule has 9 heteroatoms. The first-order valence-corrected chi connectivity index (χ1v) is 13.2. The zero-order valence-corrected chi connectivity index (χ0v) is 22.4. The van der Waals surface area contributed by atoms with E-state index >= 15 is 0 Å². The van der Waals surface area contributed by atoms with Crippen LogP contribution < -0.4 is 0 Å². The van der Waals surface area contributed by atoms with E-state index in [1.807, 2.05) is 41.3 Å². The first kappa shape index (κ1) is 28.4. The summed E-state index contributed by atoms with van der Waals surface area (Å²) >= 11 is 11.5. The molecule has 36 heavy (non-hydrogen) atoms. The zero-order chi connectivity index (χ0) is 26.1. The third-order valence-electron chi connectivity index (χ3n) is 6.86. The molecule has 0 spiro atoms. The first-order chi connectivity index (χ1) is 17.2. The number of aromatic nitrogens is 1. The number of carbonyl (C=O) groups is 2. The summed E-state index contributed by atoms with van der Waals surface area (Å²) in [7, 11) is 0. The summed E-state index contributed by atoms with van der Waals surface area (Å²) in [4.78, 5) is 33.8. The standard InChI is InChI=1S/C21H30ClN3O4.C6H5Cl/c1-3-16(14-24-8-10-29-11-9-24)25-18(17-5-4-15(22)13-23-17)6-7-21(2,20(25)28)12-19(26)27;7-6-4-2-1-3-5-6/h4-5,13,16,18H,3,6-12,14H2,1-2H3,(H,26,27);1-5H/t16?,18?,21-;/m1./s1. The van der Waals surface area contributed by atoms with Gasteiger partial charge >= 0.3 is 5.97 Å². The minimum atomic E-state index is -0.940. The maximum absolute atomic E-state index is 13.6. The molecule has 2 aliphatic heterocycles. The average Bonchev–Trinajstić information content (AvgIpc) is 2.86. The number of aliphatic carboxylic acids is 1. The van der Waals surface area contributed by atoms with Crippen LogP contribution in [0.5, 0.6) is 0 Å². The maximum Gasteiger partial charge on any atom is 0.304 e. The summed E-state index contributed by atoms with van der Waals surface area (Å²) in [5.74, 6) is -1.03. The number of pyridine rings is 1. The number of hydrogen-bond donors (Lipinski definition) is 1. The van der Waals surface area contributed by atoms with Crippen molar-refractivity contribution in [2.45, 2.75) is 51.6 Å². The van der Waals surface area contributed by atoms with Gasteiger partial charge in [0.05, 0.1) is 41.8 Å². The van der Waals surface area contributed by atoms with E-state index in [4.69, 9.17) is 27.9 Å². The molecule has 1 amide bonds. The lowest BCUT2D eigenvalue weighted by Gasteiger charge is -2.48. The van der Waals surface area contributed by atoms with Gasteiger partial charge < -0.3 is 14.7 Å². The molecule has 2 aliphatic rings. The second-order valence-electron chi connectivity index (χ2n) is 9.57. The Morgan fingerprint density at radius 2 is 1.86 bits per heavy atom. The second kappa shape index (κ2) is 13.4. The molecule has 0 bridgehead atoms. The number of amides is 1. The number of piperidine rings is 1. The minimum Gasteiger partial charge on any atom is -0.481 e. The third-order valence-corrected chi connectivity index (χ3v) is 7.34. The molecule has 2 unspecified atom stereocenters. The van der Waals surface area contributed by atoms with Crippen molar-refractivity contribution in [3.8, 4) is 0 Å². The van der Waals surface area contributed by atoms with E-state index in [9.17, 15) is 14.7 Å². The van der Waals surface area contributed by atoms with E-state index in [1.165, 1.54) is 0 Å². The highest BCUT2D eigenvalue weighted by Gasteiger charge is 2.48. The SMILES string of the molecule is CCC(CN1CCOCC1)N1C(=O)[C@@](C)(CC(=O)O)CCC1c1ccc(Cl)cn1.Clc1ccccc1. The van der Waals surface area contributed by atoms with Crippen LogP contribution in [-0.4, -0.2) is 70.7 Å². The smallest absolute Gasteiger partial charge is 0.304 e. The summed E-state index contributed by atoms with van der Waals surface area (Å²) in [6, 6.07) is 12.9. The number of carbonyl (C=O) groups excluding carboxylic acids is 1. The summed E-state index contributed by atoms with van der Waals surface area (Å²) in [6.45, 7) is 7.69. The molecule has 2 aromatic rings. The van der Waals surface area contributed by atoms with E-state index in [1.54, 1.807) is 19.2 Å². The van der Waals surface area contributed by atoms with Crippen LogP contribution in [0.3, 0.4) is 0 Å². The van der Waals surface area contributed by atoms with E-state index < -0.39 is 11.4 Å². The molecule has 196 valence electrons. The molecule has 0 aliphatic carbocycles. The van der Waals surface area contributed by atoms with Crippen molar-refractivity contribution in [2.75, 3.05) is 32.8 Å². The van der Waals surface area contributed by atoms with Gasteiger partial charge in [-0.15, -0.1) is 0 Å². The van der Waals surface area contributed by atoms with E-state index in [2.05, 4.69) is 16.8 Å². The van der Waals surface area contributed by atoms with Gasteiger partial charge in [0.2, 0.25) is 5.91 Å². The van der Waals surface area contributed by atoms with Crippen molar-refractivity contribution in [1.82, 2.24) is 14.8 Å². The number of hydrogen-bond acceptors (Lipinski definition) is 5. The number of morpholine rings is 1. The number of carboxylic acid groups (broad SMARTS) is 1. The maximum atomic E-state index is 13.6. The molecule has 3 heterocycles. The fourth-order valence-electron chi connectivity index (χ4n) is 4.86. The Morgan fingerprint density at radius 1 is 1.17 bits per heavy atom. The van der Waals surface area contributed by atoms with Crippen molar-refractivity contribution in [3.05, 3.63) is 64.4 Å². The predicted octanol–water partition coefficient (Wildman–Crippen LogP) is 5.33. The van der Waals surface area contributed by atoms with Crippen LogP contribution in [0.2, 0.25) is 10.0 Å². The van der Waals surface area contributed by atoms with Crippen molar-refractivity contribution >= 4 is 35.1 Å². The molecule has 4 rings (SSSR count). The van der Waals surface area contributed by atoms with Crippen LogP contribution in [0.25, 0.3) is 0 Å². The molecule has 7 nitrogen and oxygen atoms in total. The lowest BCUT2D eigenvalue weighted by molar-refractivity contribution is -0.160. The third kappa shape index (κ3) is 7.65. The van der Waals surface area contributed by atoms with Crippen LogP contribution in [0.4, 0.5) is 0 Å². The van der Waals surface area contributed by atoms with E-state index in [0.717, 1.165) is 36.8 Å². The van der Waals surface area contributed by atoms with Crippen molar-refractivity contribution in [3.63, 3.8) is 0 Å². The van der Waals surface area contributed by atoms with Gasteiger partial charge in [0.25, 0.3) is 0 Å². The van der Waals surface area contributed by atoms with Crippen LogP contribution in [0, 0.1) is 5.41 Å². The van der Waals surface area contributed by atoms with Gasteiger partial charge in [-0.1, -0.05) is 55.2 Å². The Balaban J connectivity index is 0.000000444. The molecular weight excluding hydrogens is 501 g/mol. The molecule has 1 aromatic heterocycles. The lowest BCUT2D eigenvalue weighted by atomic mass is 9.74. The highest BCUT2D eigenvalue weighted by Crippen LogP contribution is 2.44. The Labute approximate surface area is 223 Å². The lowest BCUT2D eigenvalue weighted by Crippen LogP contribution is -2.57. The number of carboxylic acids is 1. The fraction of sp³-hybridized carbons (Fsp3) is 0.519. The first-order valence-electron chi connectivity index (χ1n) is 12.4. The number of halogens is 2. The minimum absolute atomic E-state index is 0.0171. The highest BCUT2D eigenvalue weighted by molar-refractivity contribution is 6.30. The van der Waals surface area contributed by atoms with Crippen LogP contribution in [0.15, 0.2) is 48.7 Å². The Hall–Kier alpha value is -2.19. The fourth-order valence-corrected chi connectivity index (χ4v) is 5.11. The molecule has 2 fully saturated rings. The molecule has 2 saturated heterocycles. The summed E-state index contributed by atoms with van der Waals surface area (Å²) < 4.78 is 5.45. The Bertz CT molecular complexity index is 986. The van der Waals surface area contributed by atoms with E-state index in [-0.39, 0.29) is 24.4 Å². The van der Waals surface area contributed by atoms with Gasteiger partial charge in [0.15, 0.2) is 0 Å². The van der Waals surface area contributed by atoms with Crippen molar-refractivity contribution in [1.29, 1.82) is 0 Å². The van der Waals surface area contributed by atoms with Crippen LogP contribution in [-0.2, 0) is 14.3 Å². The summed E-state index contributed by atoms with van der Waals surface area (Å²) in [6.07, 6.45) is 3.45. The molecule has 1 aromatic carbocycles. The molecule has 3 atom stereocenters. The van der Waals surface area contributed by atoms with Crippen molar-refractivity contribution in [2.24, 2.45) is 5.41 Å². The van der Waals surface area contributed by atoms with Gasteiger partial charge in [0, 0.05) is 36.9 Å². The van der Waals surface area contributed by atoms with Crippen molar-refractivity contribution < 1.29 is 19.4 Å². The van der Waals surface area contributed by atoms with Crippen LogP contribution in [0.1, 0.15) is 51.3 Å². The predicted molar refractivity (Wildman–Crippen MR) is 141 cm³/mol. The topological polar surface area (TPSA) is 83.0 Å². The molecular formula is C27H35Cl2N3O4. The van der Waals surface area contributed by atoms with Crippen LogP contribution >= 0.6 is 23.2 Å². The molecule has 1 N–H and O–H groups in total. The number of ether oxygens (including phenoxy) is 1. The largest absolute Gasteiger partial charge is 0.481 e. The number of likely N-dealkylation sites (tertiary alicyclic amines) is 1. The number of benzene rings is 1. The normalized spacial score (nSPS) is 23.5. The summed E-state index contributed by atoms with van der Waals surface area (Å²) in [5.41, 5.74) is -0.0896. The second-order valence-corrected chi connectivity index (χ2v) is 10.4. The zero-order valence-electron chi connectivity index (χ0n) is 20.9. The Morgan fingerprint density at radius 3 is 2.39 bits per heavy atom. The molecule has 0 saturated carbocycles. The number of nitrogens with zero attached hydrogens (tertiary/aromatic N) is 3. The van der Waals surface area contributed by atoms with E-state index in [0.29, 0.717) is 31.1 Å². The Kier molecular flexibility index (Phi) is 10.5. The van der Waals surface area contributed by atoms with Gasteiger partial charge in [-0.2, -0.15) is 0 Å². The van der Waals surface area contributed by atoms with Gasteiger partial charge in [-0.25, -0.2) is 0 Å². The molecule has 0 radical (unpaired) electrons. The van der Waals surface area contributed by atoms with Gasteiger partial charge in [0.1, 0.15) is 0 Å². The highest BCUT2D eigenvalue weighted by atomic mass is 35.5. The quantitative estimate of drug-likeness (QED) is 0.515.